The molecule has 9 heteroatoms. The van der Waals surface area contributed by atoms with Gasteiger partial charge in [-0.1, -0.05) is 40.9 Å². The third-order valence-electron chi connectivity index (χ3n) is 6.03. The van der Waals surface area contributed by atoms with E-state index in [9.17, 15) is 9.59 Å². The summed E-state index contributed by atoms with van der Waals surface area (Å²) in [5.41, 5.74) is 4.56. The molecule has 0 aliphatic carbocycles. The minimum absolute atomic E-state index is 0.228. The van der Waals surface area contributed by atoms with Gasteiger partial charge in [-0.05, 0) is 69.7 Å². The van der Waals surface area contributed by atoms with Crippen LogP contribution in [0.25, 0.3) is 11.0 Å². The van der Waals surface area contributed by atoms with Crippen molar-refractivity contribution in [2.45, 2.75) is 40.3 Å². The van der Waals surface area contributed by atoms with E-state index in [1.165, 1.54) is 0 Å². The zero-order valence-corrected chi connectivity index (χ0v) is 22.8. The fraction of sp³-hybridized carbons (Fsp3) is 0.250. The summed E-state index contributed by atoms with van der Waals surface area (Å²) in [5, 5.41) is 3.85. The van der Waals surface area contributed by atoms with E-state index in [-0.39, 0.29) is 24.5 Å². The number of aromatic amines is 1. The van der Waals surface area contributed by atoms with Gasteiger partial charge in [0.15, 0.2) is 0 Å². The second-order valence-corrected chi connectivity index (χ2v) is 9.94. The molecule has 0 fully saturated rings. The van der Waals surface area contributed by atoms with Gasteiger partial charge in [0, 0.05) is 29.5 Å². The molecule has 0 aliphatic rings. The van der Waals surface area contributed by atoms with Gasteiger partial charge in [-0.3, -0.25) is 9.59 Å². The third-order valence-corrected chi connectivity index (χ3v) is 6.77. The molecule has 1 heterocycles. The quantitative estimate of drug-likeness (QED) is 0.266. The largest absolute Gasteiger partial charge is 0.377 e. The number of fused-ring (bicyclic) bond motifs is 1. The smallest absolute Gasteiger partial charge is 0.260 e. The number of anilines is 2. The van der Waals surface area contributed by atoms with Crippen LogP contribution in [0.4, 0.5) is 11.4 Å². The molecule has 0 atom stereocenters. The van der Waals surface area contributed by atoms with Crippen molar-refractivity contribution in [3.8, 4) is 0 Å². The average molecular weight is 539 g/mol. The summed E-state index contributed by atoms with van der Waals surface area (Å²) in [7, 11) is 1.57. The van der Waals surface area contributed by atoms with E-state index in [4.69, 9.17) is 27.9 Å². The molecule has 0 saturated heterocycles. The van der Waals surface area contributed by atoms with Gasteiger partial charge in [-0.25, -0.2) is 4.98 Å². The minimum Gasteiger partial charge on any atom is -0.377 e. The highest BCUT2D eigenvalue weighted by Gasteiger charge is 2.26. The zero-order valence-electron chi connectivity index (χ0n) is 21.3. The van der Waals surface area contributed by atoms with Crippen molar-refractivity contribution < 1.29 is 14.3 Å². The number of benzene rings is 3. The lowest BCUT2D eigenvalue weighted by Crippen LogP contribution is -2.37. The van der Waals surface area contributed by atoms with Crippen molar-refractivity contribution in [2.24, 2.45) is 0 Å². The van der Waals surface area contributed by atoms with Crippen LogP contribution in [-0.2, 0) is 11.3 Å². The van der Waals surface area contributed by atoms with Gasteiger partial charge >= 0.3 is 0 Å². The maximum Gasteiger partial charge on any atom is 0.260 e. The normalized spacial score (nSPS) is 11.2. The minimum atomic E-state index is -0.377. The van der Waals surface area contributed by atoms with Gasteiger partial charge in [-0.2, -0.15) is 0 Å². The van der Waals surface area contributed by atoms with Crippen LogP contribution < -0.4 is 10.2 Å². The van der Waals surface area contributed by atoms with Crippen LogP contribution in [0, 0.1) is 13.8 Å². The summed E-state index contributed by atoms with van der Waals surface area (Å²) in [4.78, 5) is 36.7. The first-order chi connectivity index (χ1) is 17.6. The molecule has 0 saturated carbocycles. The number of hydrogen-bond acceptors (Lipinski definition) is 4. The van der Waals surface area contributed by atoms with Gasteiger partial charge < -0.3 is 19.9 Å². The average Bonchev–Trinajstić information content (AvgIpc) is 3.25. The molecule has 1 aromatic heterocycles. The van der Waals surface area contributed by atoms with Crippen molar-refractivity contribution >= 4 is 57.4 Å². The molecule has 4 rings (SSSR count). The summed E-state index contributed by atoms with van der Waals surface area (Å²) >= 11 is 12.7. The Hall–Kier alpha value is -3.39. The maximum atomic E-state index is 13.7. The first kappa shape index (κ1) is 26.7. The molecule has 4 aromatic rings. The molecule has 0 radical (unpaired) electrons. The Morgan fingerprint density at radius 2 is 1.81 bits per heavy atom. The highest BCUT2D eigenvalue weighted by Crippen LogP contribution is 2.31. The molecular weight excluding hydrogens is 511 g/mol. The molecular formula is C28H28Cl2N4O3. The van der Waals surface area contributed by atoms with E-state index in [2.05, 4.69) is 15.3 Å². The Morgan fingerprint density at radius 1 is 1.05 bits per heavy atom. The Morgan fingerprint density at radius 3 is 2.51 bits per heavy atom. The maximum absolute atomic E-state index is 13.7. The van der Waals surface area contributed by atoms with Gasteiger partial charge in [-0.15, -0.1) is 0 Å². The lowest BCUT2D eigenvalue weighted by molar-refractivity contribution is 0.0977. The molecule has 2 N–H and O–H groups in total. The van der Waals surface area contributed by atoms with E-state index in [1.54, 1.807) is 48.4 Å². The molecule has 192 valence electrons. The van der Waals surface area contributed by atoms with Crippen LogP contribution in [-0.4, -0.2) is 34.9 Å². The summed E-state index contributed by atoms with van der Waals surface area (Å²) in [5.74, 6) is -0.0825. The summed E-state index contributed by atoms with van der Waals surface area (Å²) in [6.45, 7) is 7.79. The van der Waals surface area contributed by atoms with Crippen molar-refractivity contribution in [3.63, 3.8) is 0 Å². The Balaban J connectivity index is 1.85. The fourth-order valence-electron chi connectivity index (χ4n) is 4.19. The first-order valence-corrected chi connectivity index (χ1v) is 12.5. The molecule has 37 heavy (non-hydrogen) atoms. The van der Waals surface area contributed by atoms with Crippen LogP contribution in [0.1, 0.15) is 51.5 Å². The van der Waals surface area contributed by atoms with Crippen LogP contribution >= 0.6 is 23.2 Å². The number of hydrogen-bond donors (Lipinski definition) is 2. The number of ether oxygens (including phenoxy) is 1. The number of nitrogens with one attached hydrogen (secondary N) is 2. The number of carbonyl (C=O) groups is 2. The summed E-state index contributed by atoms with van der Waals surface area (Å²) in [6.07, 6.45) is 0. The highest BCUT2D eigenvalue weighted by molar-refractivity contribution is 6.34. The highest BCUT2D eigenvalue weighted by atomic mass is 35.5. The Labute approximate surface area is 225 Å². The Kier molecular flexibility index (Phi) is 7.87. The number of aromatic nitrogens is 2. The number of carbonyl (C=O) groups excluding carboxylic acids is 2. The van der Waals surface area contributed by atoms with E-state index >= 15 is 0 Å². The molecule has 7 nitrogen and oxygen atoms in total. The molecule has 0 spiro atoms. The molecule has 0 aliphatic heterocycles. The predicted octanol–water partition coefficient (Wildman–Crippen LogP) is 6.94. The van der Waals surface area contributed by atoms with Crippen molar-refractivity contribution in [3.05, 3.63) is 86.7 Å². The number of H-pyrrole nitrogens is 1. The van der Waals surface area contributed by atoms with Gasteiger partial charge in [0.05, 0.1) is 21.7 Å². The van der Waals surface area contributed by atoms with Crippen LogP contribution in [0.15, 0.2) is 48.5 Å². The number of rotatable bonds is 7. The standard InChI is InChI=1S/C28H28Cl2N4O3/c1-15(2)34(28(36)19-11-16(3)9-10-22(19)30)18-12-20(26-24(13-18)31-25(33-26)14-37-5)27(35)32-23-8-6-7-21(29)17(23)4/h6-13,15H,14H2,1-5H3,(H,31,33)(H,32,35). The molecule has 3 aromatic carbocycles. The number of nitrogens with zero attached hydrogens (tertiary/aromatic N) is 2. The van der Waals surface area contributed by atoms with Crippen LogP contribution in [0.5, 0.6) is 0 Å². The second kappa shape index (κ2) is 10.9. The lowest BCUT2D eigenvalue weighted by Gasteiger charge is -2.28. The van der Waals surface area contributed by atoms with Crippen LogP contribution in [0.2, 0.25) is 10.0 Å². The lowest BCUT2D eigenvalue weighted by atomic mass is 10.1. The summed E-state index contributed by atoms with van der Waals surface area (Å²) < 4.78 is 5.23. The zero-order chi connectivity index (χ0) is 26.9. The predicted molar refractivity (Wildman–Crippen MR) is 149 cm³/mol. The van der Waals surface area contributed by atoms with Crippen LogP contribution in [0.3, 0.4) is 0 Å². The van der Waals surface area contributed by atoms with Crippen molar-refractivity contribution in [2.75, 3.05) is 17.3 Å². The number of imidazole rings is 1. The third kappa shape index (κ3) is 5.49. The van der Waals surface area contributed by atoms with Gasteiger partial charge in [0.25, 0.3) is 11.8 Å². The number of methoxy groups -OCH3 is 1. The SMILES string of the molecule is COCc1nc2c(C(=O)Nc3cccc(Cl)c3C)cc(N(C(=O)c3cc(C)ccc3Cl)C(C)C)cc2[nH]1. The number of halogens is 2. The van der Waals surface area contributed by atoms with E-state index in [0.29, 0.717) is 49.4 Å². The Bertz CT molecular complexity index is 1500. The topological polar surface area (TPSA) is 87.3 Å². The fourth-order valence-corrected chi connectivity index (χ4v) is 4.56. The monoisotopic (exact) mass is 538 g/mol. The van der Waals surface area contributed by atoms with E-state index in [0.717, 1.165) is 11.1 Å². The molecule has 0 unspecified atom stereocenters. The van der Waals surface area contributed by atoms with Crippen molar-refractivity contribution in [1.29, 1.82) is 0 Å². The van der Waals surface area contributed by atoms with E-state index in [1.807, 2.05) is 39.8 Å². The summed E-state index contributed by atoms with van der Waals surface area (Å²) in [6, 6.07) is 13.9. The van der Waals surface area contributed by atoms with E-state index < -0.39 is 0 Å². The van der Waals surface area contributed by atoms with Gasteiger partial charge in [0.2, 0.25) is 0 Å². The number of aryl methyl sites for hydroxylation is 1. The second-order valence-electron chi connectivity index (χ2n) is 9.12. The molecule has 0 bridgehead atoms. The van der Waals surface area contributed by atoms with Gasteiger partial charge in [0.1, 0.15) is 17.9 Å². The number of amides is 2. The first-order valence-electron chi connectivity index (χ1n) is 11.8. The molecule has 2 amide bonds. The van der Waals surface area contributed by atoms with Crippen molar-refractivity contribution in [1.82, 2.24) is 9.97 Å².